The zero-order chi connectivity index (χ0) is 15.6. The smallest absolute Gasteiger partial charge is 0.293 e. The first-order chi connectivity index (χ1) is 9.81. The molecule has 0 aromatic heterocycles. The zero-order valence-electron chi connectivity index (χ0n) is 11.8. The summed E-state index contributed by atoms with van der Waals surface area (Å²) in [5.41, 5.74) is 5.03. The van der Waals surface area contributed by atoms with E-state index in [1.54, 1.807) is 0 Å². The van der Waals surface area contributed by atoms with Crippen LogP contribution in [0.2, 0.25) is 0 Å². The Morgan fingerprint density at radius 2 is 2.00 bits per heavy atom. The van der Waals surface area contributed by atoms with E-state index in [0.717, 1.165) is 31.7 Å². The van der Waals surface area contributed by atoms with Crippen molar-refractivity contribution in [3.8, 4) is 0 Å². The molecule has 21 heavy (non-hydrogen) atoms. The molecule has 1 aromatic rings. The van der Waals surface area contributed by atoms with Crippen LogP contribution in [0.1, 0.15) is 32.6 Å². The number of nitro groups is 1. The summed E-state index contributed by atoms with van der Waals surface area (Å²) < 4.78 is 27.2. The molecule has 1 unspecified atom stereocenters. The van der Waals surface area contributed by atoms with Crippen molar-refractivity contribution in [3.63, 3.8) is 0 Å². The van der Waals surface area contributed by atoms with Crippen LogP contribution in [0.3, 0.4) is 0 Å². The lowest BCUT2D eigenvalue weighted by molar-refractivity contribution is -0.384. The molecule has 1 aromatic carbocycles. The van der Waals surface area contributed by atoms with Gasteiger partial charge in [-0.2, -0.15) is 0 Å². The van der Waals surface area contributed by atoms with Crippen molar-refractivity contribution in [2.75, 3.05) is 5.73 Å². The second kappa shape index (κ2) is 5.98. The molecule has 0 heterocycles. The van der Waals surface area contributed by atoms with E-state index in [-0.39, 0.29) is 16.6 Å². The third kappa shape index (κ3) is 3.51. The summed E-state index contributed by atoms with van der Waals surface area (Å²) in [5, 5.41) is 10.8. The molecule has 1 saturated carbocycles. The van der Waals surface area contributed by atoms with E-state index in [4.69, 9.17) is 5.73 Å². The number of nitrogen functional groups attached to an aromatic ring is 1. The summed E-state index contributed by atoms with van der Waals surface area (Å²) in [6.45, 7) is 1.83. The molecule has 0 aliphatic heterocycles. The number of hydrogen-bond donors (Lipinski definition) is 2. The summed E-state index contributed by atoms with van der Waals surface area (Å²) in [6, 6.07) is 3.34. The van der Waals surface area contributed by atoms with Crippen LogP contribution >= 0.6 is 0 Å². The fourth-order valence-electron chi connectivity index (χ4n) is 2.72. The molecule has 0 radical (unpaired) electrons. The fourth-order valence-corrected chi connectivity index (χ4v) is 4.05. The van der Waals surface area contributed by atoms with Gasteiger partial charge in [-0.15, -0.1) is 0 Å². The number of nitrogens with zero attached hydrogens (tertiary/aromatic N) is 1. The summed E-state index contributed by atoms with van der Waals surface area (Å²) in [5.74, 6) is 0.323. The number of nitrogens with one attached hydrogen (secondary N) is 1. The summed E-state index contributed by atoms with van der Waals surface area (Å²) in [7, 11) is -3.78. The first kappa shape index (κ1) is 15.7. The highest BCUT2D eigenvalue weighted by Gasteiger charge is 2.27. The summed E-state index contributed by atoms with van der Waals surface area (Å²) in [6.07, 6.45) is 4.24. The van der Waals surface area contributed by atoms with Gasteiger partial charge in [0.25, 0.3) is 5.69 Å². The van der Waals surface area contributed by atoms with Gasteiger partial charge in [-0.3, -0.25) is 10.1 Å². The number of sulfonamides is 1. The van der Waals surface area contributed by atoms with E-state index < -0.39 is 20.6 Å². The minimum Gasteiger partial charge on any atom is -0.393 e. The van der Waals surface area contributed by atoms with Crippen molar-refractivity contribution < 1.29 is 13.3 Å². The van der Waals surface area contributed by atoms with Gasteiger partial charge in [0.05, 0.1) is 9.82 Å². The van der Waals surface area contributed by atoms with Crippen molar-refractivity contribution in [2.24, 2.45) is 5.92 Å². The lowest BCUT2D eigenvalue weighted by atomic mass is 10.0. The minimum atomic E-state index is -3.78. The average molecular weight is 313 g/mol. The van der Waals surface area contributed by atoms with E-state index >= 15 is 0 Å². The van der Waals surface area contributed by atoms with Crippen LogP contribution in [0.5, 0.6) is 0 Å². The number of nitro benzene ring substituents is 1. The van der Waals surface area contributed by atoms with E-state index in [0.29, 0.717) is 5.92 Å². The Hall–Kier alpha value is -1.67. The van der Waals surface area contributed by atoms with Crippen LogP contribution in [0, 0.1) is 16.0 Å². The van der Waals surface area contributed by atoms with E-state index in [9.17, 15) is 18.5 Å². The van der Waals surface area contributed by atoms with Gasteiger partial charge in [-0.1, -0.05) is 12.8 Å². The second-order valence-corrected chi connectivity index (χ2v) is 7.15. The topological polar surface area (TPSA) is 115 Å². The van der Waals surface area contributed by atoms with Crippen LogP contribution in [-0.2, 0) is 10.0 Å². The molecule has 2 rings (SSSR count). The predicted molar refractivity (Wildman–Crippen MR) is 79.3 cm³/mol. The Morgan fingerprint density at radius 3 is 2.57 bits per heavy atom. The molecule has 0 saturated heterocycles. The normalized spacial score (nSPS) is 17.8. The highest BCUT2D eigenvalue weighted by atomic mass is 32.2. The van der Waals surface area contributed by atoms with E-state index in [2.05, 4.69) is 4.72 Å². The number of anilines is 1. The molecule has 1 fully saturated rings. The SMILES string of the molecule is CC(NS(=O)(=O)c1ccc(N)c([N+](=O)[O-])c1)C1CCCC1. The average Bonchev–Trinajstić information content (AvgIpc) is 2.92. The van der Waals surface area contributed by atoms with Gasteiger partial charge in [0.2, 0.25) is 10.0 Å². The van der Waals surface area contributed by atoms with E-state index in [1.165, 1.54) is 12.1 Å². The van der Waals surface area contributed by atoms with Crippen LogP contribution in [0.15, 0.2) is 23.1 Å². The molecule has 0 bridgehead atoms. The monoisotopic (exact) mass is 313 g/mol. The molecular formula is C13H19N3O4S. The standard InChI is InChI=1S/C13H19N3O4S/c1-9(10-4-2-3-5-10)15-21(19,20)11-6-7-12(14)13(8-11)16(17)18/h6-10,15H,2-5,14H2,1H3. The molecule has 0 amide bonds. The molecule has 7 nitrogen and oxygen atoms in total. The Morgan fingerprint density at radius 1 is 1.38 bits per heavy atom. The van der Waals surface area contributed by atoms with Crippen molar-refractivity contribution in [1.82, 2.24) is 4.72 Å². The summed E-state index contributed by atoms with van der Waals surface area (Å²) >= 11 is 0. The molecule has 1 aliphatic carbocycles. The van der Waals surface area contributed by atoms with Gasteiger partial charge in [-0.05, 0) is 37.8 Å². The number of nitrogens with two attached hydrogens (primary N) is 1. The van der Waals surface area contributed by atoms with Crippen molar-refractivity contribution >= 4 is 21.4 Å². The van der Waals surface area contributed by atoms with Gasteiger partial charge >= 0.3 is 0 Å². The number of rotatable bonds is 5. The van der Waals surface area contributed by atoms with Gasteiger partial charge in [0.1, 0.15) is 5.69 Å². The maximum atomic E-state index is 12.3. The van der Waals surface area contributed by atoms with E-state index in [1.807, 2.05) is 6.92 Å². The second-order valence-electron chi connectivity index (χ2n) is 5.43. The molecule has 8 heteroatoms. The molecule has 3 N–H and O–H groups in total. The molecular weight excluding hydrogens is 294 g/mol. The predicted octanol–water partition coefficient (Wildman–Crippen LogP) is 2.03. The summed E-state index contributed by atoms with van der Waals surface area (Å²) in [4.78, 5) is 10.0. The largest absolute Gasteiger partial charge is 0.393 e. The van der Waals surface area contributed by atoms with Crippen LogP contribution in [0.25, 0.3) is 0 Å². The van der Waals surface area contributed by atoms with Crippen molar-refractivity contribution in [1.29, 1.82) is 0 Å². The lowest BCUT2D eigenvalue weighted by Gasteiger charge is -2.20. The highest BCUT2D eigenvalue weighted by molar-refractivity contribution is 7.89. The third-order valence-electron chi connectivity index (χ3n) is 3.96. The number of benzene rings is 1. The maximum absolute atomic E-state index is 12.3. The van der Waals surface area contributed by atoms with Crippen LogP contribution in [-0.4, -0.2) is 19.4 Å². The quantitative estimate of drug-likeness (QED) is 0.490. The minimum absolute atomic E-state index is 0.0530. The Labute approximate surface area is 123 Å². The fraction of sp³-hybridized carbons (Fsp3) is 0.538. The van der Waals surface area contributed by atoms with Crippen LogP contribution < -0.4 is 10.5 Å². The van der Waals surface area contributed by atoms with Gasteiger partial charge in [-0.25, -0.2) is 13.1 Å². The Balaban J connectivity index is 2.23. The Bertz CT molecular complexity index is 639. The van der Waals surface area contributed by atoms with Crippen LogP contribution in [0.4, 0.5) is 11.4 Å². The van der Waals surface area contributed by atoms with Gasteiger partial charge in [0, 0.05) is 12.1 Å². The van der Waals surface area contributed by atoms with Gasteiger partial charge < -0.3 is 5.73 Å². The Kier molecular flexibility index (Phi) is 4.48. The maximum Gasteiger partial charge on any atom is 0.293 e. The molecule has 116 valence electrons. The van der Waals surface area contributed by atoms with Gasteiger partial charge in [0.15, 0.2) is 0 Å². The van der Waals surface area contributed by atoms with Crippen molar-refractivity contribution in [3.05, 3.63) is 28.3 Å². The third-order valence-corrected chi connectivity index (χ3v) is 5.51. The van der Waals surface area contributed by atoms with Crippen molar-refractivity contribution in [2.45, 2.75) is 43.5 Å². The molecule has 1 atom stereocenters. The lowest BCUT2D eigenvalue weighted by Crippen LogP contribution is -2.37. The highest BCUT2D eigenvalue weighted by Crippen LogP contribution is 2.29. The molecule has 0 spiro atoms. The number of hydrogen-bond acceptors (Lipinski definition) is 5. The zero-order valence-corrected chi connectivity index (χ0v) is 12.6. The first-order valence-electron chi connectivity index (χ1n) is 6.87. The molecule has 1 aliphatic rings. The first-order valence-corrected chi connectivity index (χ1v) is 8.36.